The van der Waals surface area contributed by atoms with Gasteiger partial charge in [0.25, 0.3) is 0 Å². The molecule has 1 N–H and O–H groups in total. The third-order valence-electron chi connectivity index (χ3n) is 4.62. The topological polar surface area (TPSA) is 21.3 Å². The maximum absolute atomic E-state index is 13.9. The molecule has 0 aliphatic carbocycles. The lowest BCUT2D eigenvalue weighted by Crippen LogP contribution is -2.05. The zero-order valence-corrected chi connectivity index (χ0v) is 16.7. The third kappa shape index (κ3) is 4.18. The van der Waals surface area contributed by atoms with Crippen LogP contribution >= 0.6 is 15.9 Å². The van der Waals surface area contributed by atoms with Crippen molar-refractivity contribution < 1.29 is 9.13 Å². The Kier molecular flexibility index (Phi) is 5.58. The van der Waals surface area contributed by atoms with Gasteiger partial charge in [0, 0.05) is 33.2 Å². The van der Waals surface area contributed by atoms with E-state index in [-0.39, 0.29) is 12.4 Å². The van der Waals surface area contributed by atoms with Crippen LogP contribution in [0, 0.1) is 5.82 Å². The average molecular weight is 436 g/mol. The number of rotatable bonds is 6. The van der Waals surface area contributed by atoms with E-state index < -0.39 is 0 Å². The minimum Gasteiger partial charge on any atom is -0.488 e. The first-order valence-electron chi connectivity index (χ1n) is 9.07. The lowest BCUT2D eigenvalue weighted by Gasteiger charge is -2.15. The minimum absolute atomic E-state index is 0.190. The number of benzene rings is 4. The van der Waals surface area contributed by atoms with Crippen LogP contribution in [0.3, 0.4) is 0 Å². The van der Waals surface area contributed by atoms with Gasteiger partial charge in [0.05, 0.1) is 0 Å². The average Bonchev–Trinajstić information content (AvgIpc) is 2.72. The summed E-state index contributed by atoms with van der Waals surface area (Å²) in [5.74, 6) is 0.481. The van der Waals surface area contributed by atoms with Gasteiger partial charge in [-0.15, -0.1) is 0 Å². The van der Waals surface area contributed by atoms with E-state index in [9.17, 15) is 4.39 Å². The number of fused-ring (bicyclic) bond motifs is 1. The van der Waals surface area contributed by atoms with E-state index in [0.717, 1.165) is 21.5 Å². The zero-order valence-electron chi connectivity index (χ0n) is 15.2. The SMILES string of the molecule is Fc1ccccc1COc1ccc(Br)cc1CNc1cccc2ccccc12. The molecule has 4 heteroatoms. The molecule has 2 nitrogen and oxygen atoms in total. The van der Waals surface area contributed by atoms with Gasteiger partial charge in [-0.05, 0) is 35.7 Å². The molecule has 140 valence electrons. The number of anilines is 1. The summed E-state index contributed by atoms with van der Waals surface area (Å²) in [7, 11) is 0. The van der Waals surface area contributed by atoms with Crippen molar-refractivity contribution in [1.82, 2.24) is 0 Å². The Bertz CT molecular complexity index is 1110. The first-order valence-corrected chi connectivity index (χ1v) is 9.86. The molecule has 0 aromatic heterocycles. The van der Waals surface area contributed by atoms with Crippen molar-refractivity contribution in [2.24, 2.45) is 0 Å². The van der Waals surface area contributed by atoms with Crippen molar-refractivity contribution in [3.63, 3.8) is 0 Å². The summed E-state index contributed by atoms with van der Waals surface area (Å²) in [4.78, 5) is 0. The largest absolute Gasteiger partial charge is 0.488 e. The van der Waals surface area contributed by atoms with Crippen LogP contribution in [0.4, 0.5) is 10.1 Å². The molecule has 0 aliphatic heterocycles. The standard InChI is InChI=1S/C24H19BrFNO/c25-20-12-13-24(28-16-18-7-2-4-10-22(18)26)19(14-20)15-27-23-11-5-8-17-6-1-3-9-21(17)23/h1-14,27H,15-16H2. The normalized spacial score (nSPS) is 10.8. The number of nitrogens with one attached hydrogen (secondary N) is 1. The molecule has 4 rings (SSSR count). The Morgan fingerprint density at radius 1 is 0.821 bits per heavy atom. The van der Waals surface area contributed by atoms with Crippen molar-refractivity contribution in [3.05, 3.63) is 106 Å². The summed E-state index contributed by atoms with van der Waals surface area (Å²) in [6, 6.07) is 27.0. The highest BCUT2D eigenvalue weighted by molar-refractivity contribution is 9.10. The van der Waals surface area contributed by atoms with Crippen LogP contribution in [0.5, 0.6) is 5.75 Å². The van der Waals surface area contributed by atoms with Crippen LogP contribution in [-0.2, 0) is 13.2 Å². The van der Waals surface area contributed by atoms with Crippen LogP contribution in [0.1, 0.15) is 11.1 Å². The Hall–Kier alpha value is -2.85. The third-order valence-corrected chi connectivity index (χ3v) is 5.12. The second kappa shape index (κ2) is 8.44. The van der Waals surface area contributed by atoms with Crippen molar-refractivity contribution >= 4 is 32.4 Å². The molecule has 0 atom stereocenters. The highest BCUT2D eigenvalue weighted by Gasteiger charge is 2.08. The van der Waals surface area contributed by atoms with Crippen molar-refractivity contribution in [3.8, 4) is 5.75 Å². The number of hydrogen-bond acceptors (Lipinski definition) is 2. The molecular formula is C24H19BrFNO. The lowest BCUT2D eigenvalue weighted by atomic mass is 10.1. The molecule has 0 saturated carbocycles. The maximum atomic E-state index is 13.9. The van der Waals surface area contributed by atoms with Crippen LogP contribution < -0.4 is 10.1 Å². The van der Waals surface area contributed by atoms with Gasteiger partial charge in [-0.3, -0.25) is 0 Å². The molecule has 0 radical (unpaired) electrons. The van der Waals surface area contributed by atoms with E-state index in [1.165, 1.54) is 16.8 Å². The van der Waals surface area contributed by atoms with Crippen molar-refractivity contribution in [2.45, 2.75) is 13.2 Å². The Morgan fingerprint density at radius 3 is 2.50 bits per heavy atom. The van der Waals surface area contributed by atoms with Crippen LogP contribution in [0.25, 0.3) is 10.8 Å². The van der Waals surface area contributed by atoms with Gasteiger partial charge in [0.1, 0.15) is 18.2 Å². The summed E-state index contributed by atoms with van der Waals surface area (Å²) >= 11 is 3.53. The van der Waals surface area contributed by atoms with Crippen LogP contribution in [0.2, 0.25) is 0 Å². The predicted octanol–water partition coefficient (Wildman–Crippen LogP) is 6.93. The number of hydrogen-bond donors (Lipinski definition) is 1. The van der Waals surface area contributed by atoms with Gasteiger partial charge >= 0.3 is 0 Å². The lowest BCUT2D eigenvalue weighted by molar-refractivity contribution is 0.297. The first kappa shape index (κ1) is 18.5. The second-order valence-corrected chi connectivity index (χ2v) is 7.43. The molecule has 0 fully saturated rings. The van der Waals surface area contributed by atoms with Gasteiger partial charge in [-0.25, -0.2) is 4.39 Å². The first-order chi connectivity index (χ1) is 13.7. The van der Waals surface area contributed by atoms with E-state index in [1.807, 2.05) is 42.5 Å². The molecular weight excluding hydrogens is 417 g/mol. The van der Waals surface area contributed by atoms with Crippen LogP contribution in [0.15, 0.2) is 89.4 Å². The number of halogens is 2. The van der Waals surface area contributed by atoms with Crippen molar-refractivity contribution in [2.75, 3.05) is 5.32 Å². The summed E-state index contributed by atoms with van der Waals surface area (Å²) in [5, 5.41) is 5.87. The Balaban J connectivity index is 1.54. The summed E-state index contributed by atoms with van der Waals surface area (Å²) in [5.41, 5.74) is 2.61. The van der Waals surface area contributed by atoms with Gasteiger partial charge in [0.2, 0.25) is 0 Å². The Morgan fingerprint density at radius 2 is 1.61 bits per heavy atom. The van der Waals surface area contributed by atoms with Gasteiger partial charge < -0.3 is 10.1 Å². The summed E-state index contributed by atoms with van der Waals surface area (Å²) in [6.07, 6.45) is 0. The summed E-state index contributed by atoms with van der Waals surface area (Å²) in [6.45, 7) is 0.787. The molecule has 0 amide bonds. The quantitative estimate of drug-likeness (QED) is 0.354. The van der Waals surface area contributed by atoms with E-state index >= 15 is 0 Å². The van der Waals surface area contributed by atoms with E-state index in [0.29, 0.717) is 12.1 Å². The minimum atomic E-state index is -0.255. The number of ether oxygens (including phenoxy) is 1. The molecule has 0 bridgehead atoms. The summed E-state index contributed by atoms with van der Waals surface area (Å²) < 4.78 is 20.8. The fraction of sp³-hybridized carbons (Fsp3) is 0.0833. The molecule has 0 saturated heterocycles. The predicted molar refractivity (Wildman–Crippen MR) is 116 cm³/mol. The van der Waals surface area contributed by atoms with E-state index in [4.69, 9.17) is 4.74 Å². The second-order valence-electron chi connectivity index (χ2n) is 6.51. The molecule has 4 aromatic rings. The monoisotopic (exact) mass is 435 g/mol. The molecule has 0 unspecified atom stereocenters. The molecule has 4 aromatic carbocycles. The highest BCUT2D eigenvalue weighted by atomic mass is 79.9. The van der Waals surface area contributed by atoms with E-state index in [2.05, 4.69) is 45.5 Å². The van der Waals surface area contributed by atoms with Gasteiger partial charge in [0.15, 0.2) is 0 Å². The highest BCUT2D eigenvalue weighted by Crippen LogP contribution is 2.28. The maximum Gasteiger partial charge on any atom is 0.129 e. The molecule has 28 heavy (non-hydrogen) atoms. The Labute approximate surface area is 172 Å². The zero-order chi connectivity index (χ0) is 19.3. The molecule has 0 heterocycles. The van der Waals surface area contributed by atoms with Crippen molar-refractivity contribution in [1.29, 1.82) is 0 Å². The van der Waals surface area contributed by atoms with Gasteiger partial charge in [-0.1, -0.05) is 70.5 Å². The smallest absolute Gasteiger partial charge is 0.129 e. The molecule has 0 aliphatic rings. The van der Waals surface area contributed by atoms with Gasteiger partial charge in [-0.2, -0.15) is 0 Å². The fourth-order valence-electron chi connectivity index (χ4n) is 3.17. The van der Waals surface area contributed by atoms with Crippen LogP contribution in [-0.4, -0.2) is 0 Å². The van der Waals surface area contributed by atoms with E-state index in [1.54, 1.807) is 12.1 Å². The molecule has 0 spiro atoms. The fourth-order valence-corrected chi connectivity index (χ4v) is 3.58.